The second-order valence-electron chi connectivity index (χ2n) is 13.9. The van der Waals surface area contributed by atoms with Crippen molar-refractivity contribution in [2.75, 3.05) is 9.80 Å². The predicted octanol–water partition coefficient (Wildman–Crippen LogP) is 12.8. The molecule has 0 aliphatic heterocycles. The lowest BCUT2D eigenvalue weighted by Crippen LogP contribution is -2.38. The summed E-state index contributed by atoms with van der Waals surface area (Å²) in [5.41, 5.74) is 8.13. The molecule has 7 rings (SSSR count). The summed E-state index contributed by atoms with van der Waals surface area (Å²) in [7, 11) is 0. The summed E-state index contributed by atoms with van der Waals surface area (Å²) in [6.45, 7) is 11.4. The van der Waals surface area contributed by atoms with Gasteiger partial charge in [-0.2, -0.15) is 0 Å². The smallest absolute Gasteiger partial charge is 0.0646 e. The number of anilines is 5. The molecular weight excluding hydrogens is 569 g/mol. The van der Waals surface area contributed by atoms with Crippen LogP contribution in [0.25, 0.3) is 21.5 Å². The van der Waals surface area contributed by atoms with Crippen LogP contribution in [0.4, 0.5) is 28.4 Å². The fourth-order valence-corrected chi connectivity index (χ4v) is 6.84. The Bertz CT molecular complexity index is 2050. The zero-order valence-electron chi connectivity index (χ0n) is 28.0. The quantitative estimate of drug-likeness (QED) is 0.177. The molecule has 2 nitrogen and oxygen atoms in total. The van der Waals surface area contributed by atoms with E-state index >= 15 is 0 Å². The molecule has 232 valence electrons. The molecule has 0 saturated heterocycles. The summed E-state index contributed by atoms with van der Waals surface area (Å²) in [6, 6.07) is 59.5. The first kappa shape index (κ1) is 30.3. The van der Waals surface area contributed by atoms with Crippen molar-refractivity contribution in [2.45, 2.75) is 45.6 Å². The second kappa shape index (κ2) is 12.1. The Morgan fingerprint density at radius 1 is 0.362 bits per heavy atom. The van der Waals surface area contributed by atoms with Gasteiger partial charge in [-0.25, -0.2) is 0 Å². The van der Waals surface area contributed by atoms with Crippen molar-refractivity contribution in [3.05, 3.63) is 175 Å². The molecule has 0 saturated carbocycles. The average molecular weight is 611 g/mol. The molecule has 7 aromatic carbocycles. The molecule has 0 bridgehead atoms. The lowest BCUT2D eigenvalue weighted by molar-refractivity contribution is 0.533. The Labute approximate surface area is 279 Å². The van der Waals surface area contributed by atoms with Crippen LogP contribution >= 0.6 is 0 Å². The summed E-state index contributed by atoms with van der Waals surface area (Å²) in [4.78, 5) is 4.88. The van der Waals surface area contributed by atoms with Gasteiger partial charge in [0.05, 0.1) is 16.9 Å². The lowest BCUT2D eigenvalue weighted by Gasteiger charge is -2.41. The molecule has 0 atom stereocenters. The Kier molecular flexibility index (Phi) is 7.82. The van der Waals surface area contributed by atoms with Gasteiger partial charge in [0.25, 0.3) is 0 Å². The van der Waals surface area contributed by atoms with E-state index in [0.29, 0.717) is 0 Å². The van der Waals surface area contributed by atoms with Gasteiger partial charge in [-0.05, 0) is 89.7 Å². The SMILES string of the molecule is CC(C)(C)c1ccc(C(C)(C)N(c2ccccc2)c2ccc(N(c3cccc4ccccc34)c3cccc4ccccc34)cc2)cc1. The van der Waals surface area contributed by atoms with Gasteiger partial charge >= 0.3 is 0 Å². The van der Waals surface area contributed by atoms with Gasteiger partial charge in [0.15, 0.2) is 0 Å². The normalized spacial score (nSPS) is 11.9. The van der Waals surface area contributed by atoms with Crippen LogP contribution in [-0.4, -0.2) is 0 Å². The molecular formula is C45H42N2. The van der Waals surface area contributed by atoms with Crippen LogP contribution in [0.1, 0.15) is 45.7 Å². The molecule has 0 fully saturated rings. The summed E-state index contributed by atoms with van der Waals surface area (Å²) >= 11 is 0. The highest BCUT2D eigenvalue weighted by atomic mass is 15.2. The van der Waals surface area contributed by atoms with E-state index < -0.39 is 0 Å². The largest absolute Gasteiger partial charge is 0.332 e. The van der Waals surface area contributed by atoms with E-state index in [4.69, 9.17) is 0 Å². The molecule has 0 aliphatic rings. The minimum atomic E-state index is -0.315. The Balaban J connectivity index is 1.37. The Morgan fingerprint density at radius 3 is 1.32 bits per heavy atom. The fourth-order valence-electron chi connectivity index (χ4n) is 6.84. The fraction of sp³-hybridized carbons (Fsp3) is 0.156. The predicted molar refractivity (Wildman–Crippen MR) is 203 cm³/mol. The Morgan fingerprint density at radius 2 is 0.787 bits per heavy atom. The highest BCUT2D eigenvalue weighted by Crippen LogP contribution is 2.44. The summed E-state index contributed by atoms with van der Waals surface area (Å²) in [6.07, 6.45) is 0. The van der Waals surface area contributed by atoms with E-state index in [1.54, 1.807) is 0 Å². The van der Waals surface area contributed by atoms with Crippen LogP contribution in [0.2, 0.25) is 0 Å². The molecule has 2 heteroatoms. The van der Waals surface area contributed by atoms with E-state index in [-0.39, 0.29) is 11.0 Å². The van der Waals surface area contributed by atoms with Crippen molar-refractivity contribution in [2.24, 2.45) is 0 Å². The number of fused-ring (bicyclic) bond motifs is 2. The van der Waals surface area contributed by atoms with Gasteiger partial charge in [0.2, 0.25) is 0 Å². The summed E-state index contributed by atoms with van der Waals surface area (Å²) in [5, 5.41) is 4.89. The average Bonchev–Trinajstić information content (AvgIpc) is 3.09. The van der Waals surface area contributed by atoms with Crippen LogP contribution in [0.3, 0.4) is 0 Å². The molecule has 0 N–H and O–H groups in total. The number of nitrogens with zero attached hydrogens (tertiary/aromatic N) is 2. The van der Waals surface area contributed by atoms with E-state index in [2.05, 4.69) is 208 Å². The van der Waals surface area contributed by atoms with E-state index in [1.807, 2.05) is 0 Å². The third kappa shape index (κ3) is 5.77. The van der Waals surface area contributed by atoms with Crippen molar-refractivity contribution in [3.63, 3.8) is 0 Å². The molecule has 47 heavy (non-hydrogen) atoms. The van der Waals surface area contributed by atoms with Gasteiger partial charge in [0.1, 0.15) is 0 Å². The van der Waals surface area contributed by atoms with Crippen LogP contribution in [0.15, 0.2) is 164 Å². The molecule has 0 unspecified atom stereocenters. The second-order valence-corrected chi connectivity index (χ2v) is 13.9. The number of hydrogen-bond acceptors (Lipinski definition) is 2. The van der Waals surface area contributed by atoms with Gasteiger partial charge in [-0.3, -0.25) is 0 Å². The maximum absolute atomic E-state index is 2.46. The number of para-hydroxylation sites is 1. The van der Waals surface area contributed by atoms with Crippen molar-refractivity contribution in [1.82, 2.24) is 0 Å². The molecule has 0 aliphatic carbocycles. The van der Waals surface area contributed by atoms with Crippen molar-refractivity contribution in [3.8, 4) is 0 Å². The first-order chi connectivity index (χ1) is 22.7. The van der Waals surface area contributed by atoms with Crippen molar-refractivity contribution < 1.29 is 0 Å². The Hall–Kier alpha value is -5.34. The van der Waals surface area contributed by atoms with Gasteiger partial charge in [-0.1, -0.05) is 136 Å². The van der Waals surface area contributed by atoms with Crippen molar-refractivity contribution in [1.29, 1.82) is 0 Å². The maximum Gasteiger partial charge on any atom is 0.0646 e. The summed E-state index contributed by atoms with van der Waals surface area (Å²) < 4.78 is 0. The molecule has 0 spiro atoms. The molecule has 0 heterocycles. The molecule has 0 radical (unpaired) electrons. The van der Waals surface area contributed by atoms with Crippen LogP contribution in [0.5, 0.6) is 0 Å². The third-order valence-electron chi connectivity index (χ3n) is 9.41. The highest BCUT2D eigenvalue weighted by Gasteiger charge is 2.31. The monoisotopic (exact) mass is 610 g/mol. The van der Waals surface area contributed by atoms with Crippen LogP contribution in [0, 0.1) is 0 Å². The minimum Gasteiger partial charge on any atom is -0.332 e. The first-order valence-corrected chi connectivity index (χ1v) is 16.5. The molecule has 0 amide bonds. The van der Waals surface area contributed by atoms with Gasteiger partial charge < -0.3 is 9.80 Å². The minimum absolute atomic E-state index is 0.109. The zero-order valence-corrected chi connectivity index (χ0v) is 28.0. The standard InChI is InChI=1S/C45H42N2/c1-44(2,3)35-25-27-36(28-26-35)45(4,5)47(38-19-7-6-8-20-38)39-31-29-37(30-32-39)46(42-23-13-17-33-15-9-11-21-40(33)42)43-24-14-18-34-16-10-12-22-41(34)43/h6-32H,1-5H3. The van der Waals surface area contributed by atoms with Crippen LogP contribution < -0.4 is 9.80 Å². The number of benzene rings is 7. The maximum atomic E-state index is 2.46. The van der Waals surface area contributed by atoms with E-state index in [0.717, 1.165) is 28.4 Å². The number of rotatable bonds is 7. The summed E-state index contributed by atoms with van der Waals surface area (Å²) in [5.74, 6) is 0. The topological polar surface area (TPSA) is 6.48 Å². The highest BCUT2D eigenvalue weighted by molar-refractivity contribution is 6.04. The first-order valence-electron chi connectivity index (χ1n) is 16.5. The zero-order chi connectivity index (χ0) is 32.6. The van der Waals surface area contributed by atoms with Gasteiger partial charge in [-0.15, -0.1) is 0 Å². The van der Waals surface area contributed by atoms with E-state index in [9.17, 15) is 0 Å². The lowest BCUT2D eigenvalue weighted by atomic mass is 9.84. The van der Waals surface area contributed by atoms with E-state index in [1.165, 1.54) is 32.7 Å². The molecule has 7 aromatic rings. The van der Waals surface area contributed by atoms with Crippen LogP contribution in [-0.2, 0) is 11.0 Å². The number of hydrogen-bond donors (Lipinski definition) is 0. The van der Waals surface area contributed by atoms with Crippen molar-refractivity contribution >= 4 is 50.0 Å². The van der Waals surface area contributed by atoms with Gasteiger partial charge in [0, 0.05) is 27.8 Å². The third-order valence-corrected chi connectivity index (χ3v) is 9.41. The molecule has 0 aromatic heterocycles.